The van der Waals surface area contributed by atoms with Crippen LogP contribution in [0.15, 0.2) is 79.3 Å². The molecule has 4 heterocycles. The molecule has 1 aliphatic heterocycles. The minimum Gasteiger partial charge on any atom is -0.359 e. The lowest BCUT2D eigenvalue weighted by Crippen LogP contribution is -2.30. The van der Waals surface area contributed by atoms with E-state index < -0.39 is 0 Å². The predicted molar refractivity (Wildman–Crippen MR) is 127 cm³/mol. The molecule has 1 amide bonds. The number of nitrogens with zero attached hydrogens (tertiary/aromatic N) is 3. The summed E-state index contributed by atoms with van der Waals surface area (Å²) in [5, 5.41) is 2.89. The van der Waals surface area contributed by atoms with Crippen LogP contribution in [0.5, 0.6) is 0 Å². The van der Waals surface area contributed by atoms with Crippen molar-refractivity contribution in [2.45, 2.75) is 12.8 Å². The molecule has 0 spiro atoms. The van der Waals surface area contributed by atoms with Gasteiger partial charge in [0.2, 0.25) is 0 Å². The SMILES string of the molecule is O=C(Nc1ccc2[nH]cc(C3=CCN(CCc4ccccc4)CC3)c2n1)c1ccncc1. The Labute approximate surface area is 187 Å². The number of pyridine rings is 2. The highest BCUT2D eigenvalue weighted by atomic mass is 16.1. The zero-order valence-electron chi connectivity index (χ0n) is 17.8. The highest BCUT2D eigenvalue weighted by Gasteiger charge is 2.17. The lowest BCUT2D eigenvalue weighted by molar-refractivity contribution is 0.102. The van der Waals surface area contributed by atoms with Crippen LogP contribution >= 0.6 is 0 Å². The molecule has 160 valence electrons. The quantitative estimate of drug-likeness (QED) is 0.477. The summed E-state index contributed by atoms with van der Waals surface area (Å²) in [5.41, 5.74) is 6.21. The Bertz CT molecular complexity index is 1250. The smallest absolute Gasteiger partial charge is 0.256 e. The maximum absolute atomic E-state index is 12.5. The molecule has 32 heavy (non-hydrogen) atoms. The molecular weight excluding hydrogens is 398 g/mol. The van der Waals surface area contributed by atoms with Gasteiger partial charge in [0.1, 0.15) is 5.82 Å². The Hall–Kier alpha value is -3.77. The van der Waals surface area contributed by atoms with Crippen molar-refractivity contribution in [2.75, 3.05) is 25.0 Å². The van der Waals surface area contributed by atoms with Crippen molar-refractivity contribution in [2.24, 2.45) is 0 Å². The number of amides is 1. The first kappa shape index (κ1) is 20.2. The van der Waals surface area contributed by atoms with Crippen molar-refractivity contribution >= 4 is 28.3 Å². The third-order valence-corrected chi connectivity index (χ3v) is 5.91. The maximum atomic E-state index is 12.5. The molecule has 6 heteroatoms. The fraction of sp³-hybridized carbons (Fsp3) is 0.192. The molecule has 4 aromatic rings. The van der Waals surface area contributed by atoms with Gasteiger partial charge in [0.15, 0.2) is 0 Å². The second kappa shape index (κ2) is 9.16. The monoisotopic (exact) mass is 423 g/mol. The molecule has 1 aliphatic rings. The fourth-order valence-corrected chi connectivity index (χ4v) is 4.10. The molecule has 0 atom stereocenters. The van der Waals surface area contributed by atoms with Gasteiger partial charge in [-0.25, -0.2) is 4.98 Å². The van der Waals surface area contributed by atoms with Gasteiger partial charge in [-0.3, -0.25) is 14.7 Å². The molecule has 0 saturated carbocycles. The number of carbonyl (C=O) groups excluding carboxylic acids is 1. The molecule has 0 fully saturated rings. The molecule has 6 nitrogen and oxygen atoms in total. The summed E-state index contributed by atoms with van der Waals surface area (Å²) in [6.45, 7) is 3.03. The third kappa shape index (κ3) is 4.45. The first-order valence-corrected chi connectivity index (χ1v) is 10.9. The first-order chi connectivity index (χ1) is 15.8. The Morgan fingerprint density at radius 3 is 2.69 bits per heavy atom. The summed E-state index contributed by atoms with van der Waals surface area (Å²) in [7, 11) is 0. The molecule has 0 aliphatic carbocycles. The second-order valence-corrected chi connectivity index (χ2v) is 8.00. The zero-order valence-corrected chi connectivity index (χ0v) is 17.8. The molecule has 1 aromatic carbocycles. The number of rotatable bonds is 6. The summed E-state index contributed by atoms with van der Waals surface area (Å²) in [6, 6.07) is 17.8. The number of hydrogen-bond acceptors (Lipinski definition) is 4. The van der Waals surface area contributed by atoms with E-state index in [4.69, 9.17) is 4.98 Å². The van der Waals surface area contributed by atoms with Crippen LogP contribution in [0.4, 0.5) is 5.82 Å². The van der Waals surface area contributed by atoms with Crippen molar-refractivity contribution in [3.05, 3.63) is 96.0 Å². The molecule has 0 saturated heterocycles. The average Bonchev–Trinajstić information content (AvgIpc) is 3.27. The van der Waals surface area contributed by atoms with Crippen LogP contribution in [0, 0.1) is 0 Å². The molecule has 0 radical (unpaired) electrons. The minimum atomic E-state index is -0.192. The van der Waals surface area contributed by atoms with Crippen LogP contribution < -0.4 is 5.32 Å². The Balaban J connectivity index is 1.28. The molecule has 2 N–H and O–H groups in total. The number of aromatic amines is 1. The van der Waals surface area contributed by atoms with Gasteiger partial charge in [-0.15, -0.1) is 0 Å². The molecule has 0 bridgehead atoms. The van der Waals surface area contributed by atoms with Crippen LogP contribution in [-0.4, -0.2) is 45.4 Å². The molecular formula is C26H25N5O. The highest BCUT2D eigenvalue weighted by molar-refractivity contribution is 6.04. The van der Waals surface area contributed by atoms with Crippen molar-refractivity contribution in [1.82, 2.24) is 19.9 Å². The Kier molecular flexibility index (Phi) is 5.77. The van der Waals surface area contributed by atoms with E-state index in [2.05, 4.69) is 56.6 Å². The van der Waals surface area contributed by atoms with Crippen LogP contribution in [0.2, 0.25) is 0 Å². The van der Waals surface area contributed by atoms with Crippen molar-refractivity contribution in [3.63, 3.8) is 0 Å². The van der Waals surface area contributed by atoms with Crippen LogP contribution in [-0.2, 0) is 6.42 Å². The predicted octanol–water partition coefficient (Wildman–Crippen LogP) is 4.54. The zero-order chi connectivity index (χ0) is 21.8. The summed E-state index contributed by atoms with van der Waals surface area (Å²) in [4.78, 5) is 27.0. The lowest BCUT2D eigenvalue weighted by atomic mass is 10.0. The summed E-state index contributed by atoms with van der Waals surface area (Å²) < 4.78 is 0. The molecule has 0 unspecified atom stereocenters. The number of carbonyl (C=O) groups is 1. The molecule has 5 rings (SSSR count). The van der Waals surface area contributed by atoms with Gasteiger partial charge < -0.3 is 10.3 Å². The van der Waals surface area contributed by atoms with Gasteiger partial charge in [0.25, 0.3) is 5.91 Å². The summed E-state index contributed by atoms with van der Waals surface area (Å²) in [6.07, 6.45) is 9.60. The van der Waals surface area contributed by atoms with Gasteiger partial charge in [0.05, 0.1) is 11.0 Å². The highest BCUT2D eigenvalue weighted by Crippen LogP contribution is 2.29. The van der Waals surface area contributed by atoms with Crippen LogP contribution in [0.1, 0.15) is 27.9 Å². The van der Waals surface area contributed by atoms with Crippen LogP contribution in [0.25, 0.3) is 16.6 Å². The fourth-order valence-electron chi connectivity index (χ4n) is 4.10. The van der Waals surface area contributed by atoms with E-state index in [1.807, 2.05) is 18.3 Å². The third-order valence-electron chi connectivity index (χ3n) is 5.91. The van der Waals surface area contributed by atoms with E-state index in [1.165, 1.54) is 11.1 Å². The van der Waals surface area contributed by atoms with E-state index >= 15 is 0 Å². The minimum absolute atomic E-state index is 0.192. The Morgan fingerprint density at radius 1 is 1.06 bits per heavy atom. The van der Waals surface area contributed by atoms with E-state index in [0.29, 0.717) is 11.4 Å². The number of aromatic nitrogens is 3. The summed E-state index contributed by atoms with van der Waals surface area (Å²) in [5.74, 6) is 0.350. The van der Waals surface area contributed by atoms with Gasteiger partial charge >= 0.3 is 0 Å². The first-order valence-electron chi connectivity index (χ1n) is 10.9. The molecule has 3 aromatic heterocycles. The number of anilines is 1. The van der Waals surface area contributed by atoms with Gasteiger partial charge in [-0.2, -0.15) is 0 Å². The normalized spacial score (nSPS) is 14.3. The van der Waals surface area contributed by atoms with Crippen molar-refractivity contribution in [1.29, 1.82) is 0 Å². The van der Waals surface area contributed by atoms with Crippen LogP contribution in [0.3, 0.4) is 0 Å². The van der Waals surface area contributed by atoms with E-state index in [9.17, 15) is 4.79 Å². The average molecular weight is 424 g/mol. The van der Waals surface area contributed by atoms with Crippen molar-refractivity contribution in [3.8, 4) is 0 Å². The topological polar surface area (TPSA) is 73.9 Å². The van der Waals surface area contributed by atoms with E-state index in [0.717, 1.165) is 49.1 Å². The Morgan fingerprint density at radius 2 is 1.91 bits per heavy atom. The van der Waals surface area contributed by atoms with Crippen molar-refractivity contribution < 1.29 is 4.79 Å². The lowest BCUT2D eigenvalue weighted by Gasteiger charge is -2.26. The van der Waals surface area contributed by atoms with E-state index in [-0.39, 0.29) is 5.91 Å². The standard InChI is InChI=1S/C26H25N5O/c32-26(21-8-13-27-14-9-21)30-24-7-6-23-25(29-24)22(18-28-23)20-11-16-31(17-12-20)15-10-19-4-2-1-3-5-19/h1-9,11,13-14,18,28H,10,12,15-17H2,(H,29,30,32). The van der Waals surface area contributed by atoms with Gasteiger partial charge in [0, 0.05) is 49.4 Å². The van der Waals surface area contributed by atoms with E-state index in [1.54, 1.807) is 24.5 Å². The number of fused-ring (bicyclic) bond motifs is 1. The number of nitrogens with one attached hydrogen (secondary N) is 2. The van der Waals surface area contributed by atoms with Gasteiger partial charge in [-0.1, -0.05) is 36.4 Å². The number of H-pyrrole nitrogens is 1. The largest absolute Gasteiger partial charge is 0.359 e. The summed E-state index contributed by atoms with van der Waals surface area (Å²) >= 11 is 0. The number of hydrogen-bond donors (Lipinski definition) is 2. The number of benzene rings is 1. The maximum Gasteiger partial charge on any atom is 0.256 e. The van der Waals surface area contributed by atoms with Gasteiger partial charge in [-0.05, 0) is 48.2 Å². The second-order valence-electron chi connectivity index (χ2n) is 8.00.